The van der Waals surface area contributed by atoms with Crippen LogP contribution in [0.5, 0.6) is 5.75 Å². The average Bonchev–Trinajstić information content (AvgIpc) is 3.11. The number of morpholine rings is 1. The Kier molecular flexibility index (Phi) is 4.85. The molecule has 0 radical (unpaired) electrons. The van der Waals surface area contributed by atoms with Crippen LogP contribution in [0.1, 0.15) is 12.0 Å². The molecule has 5 nitrogen and oxygen atoms in total. The standard InChI is InChI=1S/C20H24N2O3/c23-20(21-8-3-9-22-10-12-24-13-11-22)19-14-17-16-5-2-1-4-15(16)6-7-18(17)25-19/h1-2,4-7,19H,3,8-14H2,(H,21,23)/t19-/m1/s1. The number of hydrogen-bond acceptors (Lipinski definition) is 4. The smallest absolute Gasteiger partial charge is 0.261 e. The number of carbonyl (C=O) groups excluding carboxylic acids is 1. The van der Waals surface area contributed by atoms with Crippen LogP contribution in [-0.2, 0) is 16.0 Å². The Bertz CT molecular complexity index is 756. The monoisotopic (exact) mass is 340 g/mol. The SMILES string of the molecule is O=C(NCCCN1CCOCC1)[C@H]1Cc2c(ccc3ccccc23)O1. The van der Waals surface area contributed by atoms with E-state index in [0.29, 0.717) is 13.0 Å². The molecule has 2 heterocycles. The summed E-state index contributed by atoms with van der Waals surface area (Å²) in [5.41, 5.74) is 1.14. The van der Waals surface area contributed by atoms with Crippen molar-refractivity contribution in [2.24, 2.45) is 0 Å². The maximum atomic E-state index is 12.4. The normalized spacial score (nSPS) is 20.2. The first-order valence-corrected chi connectivity index (χ1v) is 9.06. The number of hydrogen-bond donors (Lipinski definition) is 1. The number of nitrogens with zero attached hydrogens (tertiary/aromatic N) is 1. The van der Waals surface area contributed by atoms with Crippen LogP contribution in [0.3, 0.4) is 0 Å². The van der Waals surface area contributed by atoms with E-state index >= 15 is 0 Å². The molecule has 1 fully saturated rings. The molecule has 0 bridgehead atoms. The molecule has 2 aliphatic rings. The van der Waals surface area contributed by atoms with Crippen LogP contribution in [0.25, 0.3) is 10.8 Å². The summed E-state index contributed by atoms with van der Waals surface area (Å²) in [4.78, 5) is 14.8. The van der Waals surface area contributed by atoms with Crippen LogP contribution in [0.15, 0.2) is 36.4 Å². The number of fused-ring (bicyclic) bond motifs is 3. The molecule has 1 N–H and O–H groups in total. The van der Waals surface area contributed by atoms with Gasteiger partial charge in [0.25, 0.3) is 5.91 Å². The molecule has 0 spiro atoms. The first-order chi connectivity index (χ1) is 12.3. The van der Waals surface area contributed by atoms with E-state index in [-0.39, 0.29) is 5.91 Å². The molecule has 4 rings (SSSR count). The first kappa shape index (κ1) is 16.4. The molecule has 1 saturated heterocycles. The third kappa shape index (κ3) is 3.62. The molecule has 0 aliphatic carbocycles. The van der Waals surface area contributed by atoms with Crippen molar-refractivity contribution in [2.75, 3.05) is 39.4 Å². The average molecular weight is 340 g/mol. The molecule has 2 aliphatic heterocycles. The second-order valence-electron chi connectivity index (χ2n) is 6.67. The van der Waals surface area contributed by atoms with Gasteiger partial charge in [0.2, 0.25) is 0 Å². The molecule has 1 atom stereocenters. The molecule has 5 heteroatoms. The lowest BCUT2D eigenvalue weighted by Crippen LogP contribution is -2.40. The van der Waals surface area contributed by atoms with Crippen LogP contribution >= 0.6 is 0 Å². The Hall–Kier alpha value is -2.11. The minimum Gasteiger partial charge on any atom is -0.480 e. The number of amides is 1. The predicted octanol–water partition coefficient (Wildman–Crippen LogP) is 1.98. The zero-order valence-electron chi connectivity index (χ0n) is 14.4. The van der Waals surface area contributed by atoms with E-state index < -0.39 is 6.10 Å². The van der Waals surface area contributed by atoms with Gasteiger partial charge in [0.05, 0.1) is 13.2 Å². The Labute approximate surface area is 147 Å². The number of carbonyl (C=O) groups is 1. The number of nitrogens with one attached hydrogen (secondary N) is 1. The third-order valence-corrected chi connectivity index (χ3v) is 5.00. The molecular weight excluding hydrogens is 316 g/mol. The van der Waals surface area contributed by atoms with Gasteiger partial charge in [0, 0.05) is 31.6 Å². The molecule has 0 aromatic heterocycles. The summed E-state index contributed by atoms with van der Waals surface area (Å²) in [6.45, 7) is 5.29. The third-order valence-electron chi connectivity index (χ3n) is 5.00. The predicted molar refractivity (Wildman–Crippen MR) is 97.0 cm³/mol. The highest BCUT2D eigenvalue weighted by Gasteiger charge is 2.30. The molecule has 1 amide bonds. The van der Waals surface area contributed by atoms with Crippen molar-refractivity contribution in [3.8, 4) is 5.75 Å². The van der Waals surface area contributed by atoms with Crippen LogP contribution < -0.4 is 10.1 Å². The zero-order valence-corrected chi connectivity index (χ0v) is 14.4. The molecular formula is C20H24N2O3. The lowest BCUT2D eigenvalue weighted by atomic mass is 10.0. The van der Waals surface area contributed by atoms with Crippen molar-refractivity contribution >= 4 is 16.7 Å². The maximum Gasteiger partial charge on any atom is 0.261 e. The summed E-state index contributed by atoms with van der Waals surface area (Å²) in [6.07, 6.45) is 1.18. The fourth-order valence-electron chi connectivity index (χ4n) is 3.62. The molecule has 132 valence electrons. The fourth-order valence-corrected chi connectivity index (χ4v) is 3.62. The van der Waals surface area contributed by atoms with Crippen molar-refractivity contribution in [2.45, 2.75) is 18.9 Å². The van der Waals surface area contributed by atoms with Gasteiger partial charge in [0.1, 0.15) is 5.75 Å². The second kappa shape index (κ2) is 7.42. The van der Waals surface area contributed by atoms with Crippen LogP contribution in [0.2, 0.25) is 0 Å². The van der Waals surface area contributed by atoms with Gasteiger partial charge in [-0.25, -0.2) is 0 Å². The van der Waals surface area contributed by atoms with Gasteiger partial charge in [-0.2, -0.15) is 0 Å². The summed E-state index contributed by atoms with van der Waals surface area (Å²) < 4.78 is 11.2. The zero-order chi connectivity index (χ0) is 17.1. The number of rotatable bonds is 5. The van der Waals surface area contributed by atoms with E-state index in [2.05, 4.69) is 28.4 Å². The Balaban J connectivity index is 1.29. The van der Waals surface area contributed by atoms with Crippen LogP contribution in [0, 0.1) is 0 Å². The quantitative estimate of drug-likeness (QED) is 0.846. The summed E-state index contributed by atoms with van der Waals surface area (Å²) in [7, 11) is 0. The highest BCUT2D eigenvalue weighted by molar-refractivity contribution is 5.90. The van der Waals surface area contributed by atoms with Gasteiger partial charge < -0.3 is 14.8 Å². The number of benzene rings is 2. The largest absolute Gasteiger partial charge is 0.480 e. The van der Waals surface area contributed by atoms with Gasteiger partial charge in [0.15, 0.2) is 6.10 Å². The minimum absolute atomic E-state index is 0.0118. The lowest BCUT2D eigenvalue weighted by molar-refractivity contribution is -0.127. The summed E-state index contributed by atoms with van der Waals surface area (Å²) in [6, 6.07) is 12.3. The molecule has 2 aromatic carbocycles. The van der Waals surface area contributed by atoms with Crippen molar-refractivity contribution in [1.29, 1.82) is 0 Å². The van der Waals surface area contributed by atoms with Gasteiger partial charge >= 0.3 is 0 Å². The molecule has 2 aromatic rings. The summed E-state index contributed by atoms with van der Waals surface area (Å²) in [5.74, 6) is 0.828. The van der Waals surface area contributed by atoms with E-state index in [1.54, 1.807) is 0 Å². The van der Waals surface area contributed by atoms with Gasteiger partial charge in [-0.3, -0.25) is 9.69 Å². The van der Waals surface area contributed by atoms with Crippen molar-refractivity contribution in [3.63, 3.8) is 0 Å². The summed E-state index contributed by atoms with van der Waals surface area (Å²) >= 11 is 0. The van der Waals surface area contributed by atoms with Crippen molar-refractivity contribution < 1.29 is 14.3 Å². The second-order valence-corrected chi connectivity index (χ2v) is 6.67. The van der Waals surface area contributed by atoms with Crippen LogP contribution in [-0.4, -0.2) is 56.3 Å². The Morgan fingerprint density at radius 2 is 2.00 bits per heavy atom. The van der Waals surface area contributed by atoms with E-state index in [0.717, 1.165) is 50.6 Å². The maximum absolute atomic E-state index is 12.4. The van der Waals surface area contributed by atoms with Gasteiger partial charge in [-0.05, 0) is 29.8 Å². The highest BCUT2D eigenvalue weighted by atomic mass is 16.5. The van der Waals surface area contributed by atoms with Gasteiger partial charge in [-0.15, -0.1) is 0 Å². The Morgan fingerprint density at radius 1 is 1.16 bits per heavy atom. The van der Waals surface area contributed by atoms with E-state index in [4.69, 9.17) is 9.47 Å². The van der Waals surface area contributed by atoms with Crippen LogP contribution in [0.4, 0.5) is 0 Å². The minimum atomic E-state index is -0.413. The van der Waals surface area contributed by atoms with Gasteiger partial charge in [-0.1, -0.05) is 30.3 Å². The lowest BCUT2D eigenvalue weighted by Gasteiger charge is -2.26. The molecule has 0 unspecified atom stereocenters. The fraction of sp³-hybridized carbons (Fsp3) is 0.450. The number of ether oxygens (including phenoxy) is 2. The molecule has 0 saturated carbocycles. The summed E-state index contributed by atoms with van der Waals surface area (Å²) in [5, 5.41) is 5.40. The van der Waals surface area contributed by atoms with Crippen molar-refractivity contribution in [3.05, 3.63) is 42.0 Å². The van der Waals surface area contributed by atoms with E-state index in [1.807, 2.05) is 18.2 Å². The topological polar surface area (TPSA) is 50.8 Å². The highest BCUT2D eigenvalue weighted by Crippen LogP contribution is 2.34. The van der Waals surface area contributed by atoms with E-state index in [9.17, 15) is 4.79 Å². The molecule has 25 heavy (non-hydrogen) atoms. The first-order valence-electron chi connectivity index (χ1n) is 9.06. The Morgan fingerprint density at radius 3 is 2.88 bits per heavy atom. The van der Waals surface area contributed by atoms with Crippen molar-refractivity contribution in [1.82, 2.24) is 10.2 Å². The van der Waals surface area contributed by atoms with E-state index in [1.165, 1.54) is 10.8 Å².